The summed E-state index contributed by atoms with van der Waals surface area (Å²) in [5.41, 5.74) is 2.78. The quantitative estimate of drug-likeness (QED) is 0.345. The second kappa shape index (κ2) is 7.97. The molecule has 2 heterocycles. The highest BCUT2D eigenvalue weighted by Gasteiger charge is 2.15. The first-order chi connectivity index (χ1) is 13.8. The van der Waals surface area contributed by atoms with Gasteiger partial charge in [-0.2, -0.15) is 5.10 Å². The number of benzene rings is 1. The van der Waals surface area contributed by atoms with Gasteiger partial charge in [-0.1, -0.05) is 18.2 Å². The summed E-state index contributed by atoms with van der Waals surface area (Å²) in [4.78, 5) is 40.6. The molecule has 0 saturated heterocycles. The summed E-state index contributed by atoms with van der Waals surface area (Å²) < 4.78 is 3.54. The number of aromatic nitrogens is 4. The lowest BCUT2D eigenvalue weighted by Gasteiger charge is -2.06. The van der Waals surface area contributed by atoms with Crippen LogP contribution in [0.25, 0.3) is 11.2 Å². The van der Waals surface area contributed by atoms with Crippen LogP contribution in [0.4, 0.5) is 0 Å². The number of amides is 1. The van der Waals surface area contributed by atoms with Gasteiger partial charge < -0.3 is 9.67 Å². The molecule has 0 aliphatic heterocycles. The Labute approximate surface area is 165 Å². The zero-order valence-corrected chi connectivity index (χ0v) is 16.0. The minimum Gasteiger partial charge on any atom is -0.507 e. The number of phenolic OH excluding ortho intramolecular Hbond substituents is 1. The Morgan fingerprint density at radius 1 is 1.31 bits per heavy atom. The molecule has 0 unspecified atom stereocenters. The monoisotopic (exact) mass is 396 g/mol. The van der Waals surface area contributed by atoms with Gasteiger partial charge in [-0.05, 0) is 18.1 Å². The molecule has 0 aliphatic rings. The van der Waals surface area contributed by atoms with Crippen molar-refractivity contribution in [1.82, 2.24) is 24.1 Å². The first-order valence-corrected chi connectivity index (χ1v) is 8.69. The molecule has 0 bridgehead atoms. The maximum atomic E-state index is 12.4. The summed E-state index contributed by atoms with van der Waals surface area (Å²) in [5, 5.41) is 14.0. The van der Waals surface area contributed by atoms with Crippen LogP contribution in [0.1, 0.15) is 11.1 Å². The fraction of sp³-hybridized carbons (Fsp3) is 0.211. The van der Waals surface area contributed by atoms with E-state index >= 15 is 0 Å². The van der Waals surface area contributed by atoms with Crippen LogP contribution < -0.4 is 16.7 Å². The lowest BCUT2D eigenvalue weighted by atomic mass is 10.1. The molecule has 0 radical (unpaired) electrons. The number of phenols is 1. The van der Waals surface area contributed by atoms with Gasteiger partial charge >= 0.3 is 5.69 Å². The zero-order valence-electron chi connectivity index (χ0n) is 16.0. The van der Waals surface area contributed by atoms with Crippen molar-refractivity contribution in [1.29, 1.82) is 0 Å². The first-order valence-electron chi connectivity index (χ1n) is 8.69. The molecule has 2 aromatic heterocycles. The van der Waals surface area contributed by atoms with E-state index < -0.39 is 17.2 Å². The Kier molecular flexibility index (Phi) is 5.44. The van der Waals surface area contributed by atoms with E-state index in [0.29, 0.717) is 17.5 Å². The minimum atomic E-state index is -0.541. The van der Waals surface area contributed by atoms with Gasteiger partial charge in [0, 0.05) is 19.7 Å². The van der Waals surface area contributed by atoms with Crippen molar-refractivity contribution in [3.8, 4) is 5.75 Å². The molecule has 10 nitrogen and oxygen atoms in total. The Balaban J connectivity index is 1.78. The third-order valence-electron chi connectivity index (χ3n) is 4.44. The number of carbonyl (C=O) groups is 1. The lowest BCUT2D eigenvalue weighted by Crippen LogP contribution is -2.38. The number of hydrazone groups is 1. The van der Waals surface area contributed by atoms with E-state index in [1.165, 1.54) is 35.8 Å². The maximum Gasteiger partial charge on any atom is 0.332 e. The first kappa shape index (κ1) is 19.8. The average molecular weight is 396 g/mol. The number of allylic oxidation sites excluding steroid dienone is 1. The van der Waals surface area contributed by atoms with Gasteiger partial charge in [-0.3, -0.25) is 18.7 Å². The second-order valence-corrected chi connectivity index (χ2v) is 6.39. The molecule has 0 spiro atoms. The van der Waals surface area contributed by atoms with E-state index in [1.807, 2.05) is 0 Å². The van der Waals surface area contributed by atoms with Crippen LogP contribution >= 0.6 is 0 Å². The van der Waals surface area contributed by atoms with Crippen LogP contribution in [-0.4, -0.2) is 35.9 Å². The molecule has 0 atom stereocenters. The predicted octanol–water partition coefficient (Wildman–Crippen LogP) is 0.0181. The number of rotatable bonds is 6. The van der Waals surface area contributed by atoms with Gasteiger partial charge in [0.1, 0.15) is 12.3 Å². The molecule has 0 fully saturated rings. The van der Waals surface area contributed by atoms with Crippen molar-refractivity contribution < 1.29 is 9.90 Å². The molecule has 3 aromatic rings. The number of para-hydroxylation sites is 1. The van der Waals surface area contributed by atoms with Crippen molar-refractivity contribution >= 4 is 23.3 Å². The van der Waals surface area contributed by atoms with Crippen LogP contribution in [0.15, 0.2) is 51.9 Å². The lowest BCUT2D eigenvalue weighted by molar-refractivity contribution is -0.121. The molecule has 29 heavy (non-hydrogen) atoms. The minimum absolute atomic E-state index is 0.0652. The summed E-state index contributed by atoms with van der Waals surface area (Å²) in [6.45, 7) is 3.42. The third-order valence-corrected chi connectivity index (χ3v) is 4.44. The predicted molar refractivity (Wildman–Crippen MR) is 108 cm³/mol. The largest absolute Gasteiger partial charge is 0.507 e. The number of carbonyl (C=O) groups excluding carboxylic acids is 1. The Hall–Kier alpha value is -3.95. The molecular weight excluding hydrogens is 376 g/mol. The number of fused-ring (bicyclic) bond motifs is 1. The normalized spacial score (nSPS) is 11.2. The van der Waals surface area contributed by atoms with Crippen molar-refractivity contribution in [2.24, 2.45) is 19.2 Å². The molecule has 2 N–H and O–H groups in total. The van der Waals surface area contributed by atoms with Crippen LogP contribution in [0, 0.1) is 0 Å². The SMILES string of the molecule is C=CCc1cccc(C=NNC(=O)Cn2cnc3c2c(=O)n(C)c(=O)n3C)c1O. The highest BCUT2D eigenvalue weighted by Crippen LogP contribution is 2.21. The fourth-order valence-corrected chi connectivity index (χ4v) is 2.92. The second-order valence-electron chi connectivity index (χ2n) is 6.39. The fourth-order valence-electron chi connectivity index (χ4n) is 2.92. The Morgan fingerprint density at radius 3 is 2.79 bits per heavy atom. The van der Waals surface area contributed by atoms with E-state index in [-0.39, 0.29) is 23.5 Å². The van der Waals surface area contributed by atoms with E-state index in [1.54, 1.807) is 24.3 Å². The molecule has 0 saturated carbocycles. The van der Waals surface area contributed by atoms with Gasteiger partial charge in [0.05, 0.1) is 12.5 Å². The summed E-state index contributed by atoms with van der Waals surface area (Å²) in [6.07, 6.45) is 4.83. The van der Waals surface area contributed by atoms with Crippen molar-refractivity contribution in [3.05, 3.63) is 69.1 Å². The molecule has 0 aliphatic carbocycles. The number of nitrogens with zero attached hydrogens (tertiary/aromatic N) is 5. The summed E-state index contributed by atoms with van der Waals surface area (Å²) in [6, 6.07) is 5.19. The van der Waals surface area contributed by atoms with E-state index in [0.717, 1.165) is 4.57 Å². The molecule has 10 heteroatoms. The smallest absolute Gasteiger partial charge is 0.332 e. The number of hydrogen-bond acceptors (Lipinski definition) is 6. The van der Waals surface area contributed by atoms with E-state index in [4.69, 9.17) is 0 Å². The number of nitrogens with one attached hydrogen (secondary N) is 1. The average Bonchev–Trinajstić information content (AvgIpc) is 3.11. The number of aryl methyl sites for hydroxylation is 1. The topological polar surface area (TPSA) is 124 Å². The van der Waals surface area contributed by atoms with Crippen LogP contribution in [-0.2, 0) is 31.9 Å². The van der Waals surface area contributed by atoms with Crippen molar-refractivity contribution in [2.45, 2.75) is 13.0 Å². The van der Waals surface area contributed by atoms with Crippen LogP contribution in [0.5, 0.6) is 5.75 Å². The van der Waals surface area contributed by atoms with Crippen molar-refractivity contribution in [2.75, 3.05) is 0 Å². The van der Waals surface area contributed by atoms with Crippen LogP contribution in [0.3, 0.4) is 0 Å². The summed E-state index contributed by atoms with van der Waals surface area (Å²) in [7, 11) is 2.86. The van der Waals surface area contributed by atoms with E-state index in [9.17, 15) is 19.5 Å². The molecular formula is C19H20N6O4. The van der Waals surface area contributed by atoms with Crippen molar-refractivity contribution in [3.63, 3.8) is 0 Å². The van der Waals surface area contributed by atoms with E-state index in [2.05, 4.69) is 22.1 Å². The van der Waals surface area contributed by atoms with Crippen LogP contribution in [0.2, 0.25) is 0 Å². The van der Waals surface area contributed by atoms with Gasteiger partial charge in [0.25, 0.3) is 11.5 Å². The molecule has 1 aromatic carbocycles. The number of aromatic hydroxyl groups is 1. The maximum absolute atomic E-state index is 12.4. The molecule has 1 amide bonds. The summed E-state index contributed by atoms with van der Waals surface area (Å²) >= 11 is 0. The number of hydrogen-bond donors (Lipinski definition) is 2. The van der Waals surface area contributed by atoms with Gasteiger partial charge in [-0.25, -0.2) is 15.2 Å². The van der Waals surface area contributed by atoms with Gasteiger partial charge in [0.2, 0.25) is 0 Å². The third kappa shape index (κ3) is 3.72. The molecule has 150 valence electrons. The number of imidazole rings is 1. The van der Waals surface area contributed by atoms with Gasteiger partial charge in [0.15, 0.2) is 11.2 Å². The highest BCUT2D eigenvalue weighted by molar-refractivity contribution is 5.86. The summed E-state index contributed by atoms with van der Waals surface area (Å²) in [5.74, 6) is -0.436. The Morgan fingerprint density at radius 2 is 2.07 bits per heavy atom. The zero-order chi connectivity index (χ0) is 21.1. The standard InChI is InChI=1S/C19H20N6O4/c1-4-6-12-7-5-8-13(16(12)27)9-21-22-14(26)10-25-11-20-17-15(25)18(28)24(3)19(29)23(17)2/h4-5,7-9,11,27H,1,6,10H2,2-3H3,(H,22,26). The Bertz CT molecular complexity index is 1250. The highest BCUT2D eigenvalue weighted by atomic mass is 16.3. The molecule has 3 rings (SSSR count). The van der Waals surface area contributed by atoms with Gasteiger partial charge in [-0.15, -0.1) is 6.58 Å².